The van der Waals surface area contributed by atoms with Gasteiger partial charge >= 0.3 is 15.6 Å². The van der Waals surface area contributed by atoms with Crippen molar-refractivity contribution in [1.82, 2.24) is 0 Å². The molecule has 164 valence electrons. The van der Waals surface area contributed by atoms with Crippen LogP contribution in [0.5, 0.6) is 0 Å². The Morgan fingerprint density at radius 1 is 0.778 bits per heavy atom. The fourth-order valence-corrected chi connectivity index (χ4v) is 6.06. The number of aliphatic hydroxyl groups excluding tert-OH is 1. The molecule has 1 atom stereocenters. The van der Waals surface area contributed by atoms with Gasteiger partial charge in [0.15, 0.2) is 0 Å². The lowest BCUT2D eigenvalue weighted by Crippen LogP contribution is -2.58. The molecule has 0 spiro atoms. The molecule has 9 nitrogen and oxygen atoms in total. The number of hydrogen-bond acceptors (Lipinski definition) is 6. The largest absolute Gasteiger partial charge is 0.481 e. The van der Waals surface area contributed by atoms with Gasteiger partial charge in [-0.2, -0.15) is 4.31 Å². The standard InChI is InChI=1S/C12H24Cl4O9P2/c13-5-1-11(2-6-14,23-10-9-17)12(3-7-15,4-8-16)24-27(21,22)25-26(18,19)20/h17H,1-10H2,(H,21,22)(H2,18,19,20). The Morgan fingerprint density at radius 3 is 1.52 bits per heavy atom. The Balaban J connectivity index is 6.29. The lowest BCUT2D eigenvalue weighted by Gasteiger charge is -2.49. The van der Waals surface area contributed by atoms with E-state index < -0.39 is 26.8 Å². The van der Waals surface area contributed by atoms with Crippen molar-refractivity contribution in [2.45, 2.75) is 36.9 Å². The molecule has 0 bridgehead atoms. The highest BCUT2D eigenvalue weighted by atomic mass is 35.5. The maximum atomic E-state index is 12.3. The summed E-state index contributed by atoms with van der Waals surface area (Å²) in [4.78, 5) is 27.7. The van der Waals surface area contributed by atoms with E-state index in [1.807, 2.05) is 0 Å². The highest BCUT2D eigenvalue weighted by molar-refractivity contribution is 7.60. The number of halogens is 4. The van der Waals surface area contributed by atoms with E-state index in [-0.39, 0.29) is 62.4 Å². The molecule has 27 heavy (non-hydrogen) atoms. The zero-order valence-electron chi connectivity index (χ0n) is 14.3. The zero-order valence-corrected chi connectivity index (χ0v) is 19.1. The summed E-state index contributed by atoms with van der Waals surface area (Å²) in [5, 5.41) is 9.16. The molecule has 4 N–H and O–H groups in total. The van der Waals surface area contributed by atoms with Gasteiger partial charge in [-0.3, -0.25) is 4.52 Å². The normalized spacial score (nSPS) is 15.7. The third-order valence-electron chi connectivity index (χ3n) is 3.79. The summed E-state index contributed by atoms with van der Waals surface area (Å²) in [6.07, 6.45) is -0.0823. The summed E-state index contributed by atoms with van der Waals surface area (Å²) in [6, 6.07) is 0. The minimum atomic E-state index is -5.35. The van der Waals surface area contributed by atoms with E-state index >= 15 is 0 Å². The molecule has 1 unspecified atom stereocenters. The molecule has 0 heterocycles. The molecule has 0 aromatic carbocycles. The van der Waals surface area contributed by atoms with E-state index in [0.29, 0.717) is 0 Å². The smallest absolute Gasteiger partial charge is 0.394 e. The third-order valence-corrected chi connectivity index (χ3v) is 6.81. The van der Waals surface area contributed by atoms with Gasteiger partial charge in [-0.15, -0.1) is 46.4 Å². The second-order valence-electron chi connectivity index (χ2n) is 5.45. The number of phosphoric acid groups is 2. The molecule has 0 aliphatic carbocycles. The van der Waals surface area contributed by atoms with Crippen molar-refractivity contribution in [3.8, 4) is 0 Å². The Labute approximate surface area is 178 Å². The van der Waals surface area contributed by atoms with Crippen LogP contribution in [0.15, 0.2) is 0 Å². The third kappa shape index (κ3) is 9.35. The van der Waals surface area contributed by atoms with Gasteiger partial charge in [0.25, 0.3) is 0 Å². The number of rotatable bonds is 16. The molecule has 0 aromatic heterocycles. The predicted octanol–water partition coefficient (Wildman–Crippen LogP) is 3.21. The SMILES string of the molecule is O=P(O)(O)OP(=O)(O)OC(CCCl)(CCCl)C(CCCl)(CCCl)OCCO. The molecular weight excluding hydrogens is 492 g/mol. The fraction of sp³-hybridized carbons (Fsp3) is 1.00. The lowest BCUT2D eigenvalue weighted by atomic mass is 9.74. The molecule has 0 saturated heterocycles. The number of alkyl halides is 4. The van der Waals surface area contributed by atoms with Crippen LogP contribution in [0.1, 0.15) is 25.7 Å². The summed E-state index contributed by atoms with van der Waals surface area (Å²) in [6.45, 7) is -0.557. The quantitative estimate of drug-likeness (QED) is 0.180. The van der Waals surface area contributed by atoms with Crippen molar-refractivity contribution in [3.63, 3.8) is 0 Å². The first-order chi connectivity index (χ1) is 12.5. The molecule has 0 aromatic rings. The Kier molecular flexibility index (Phi) is 13.5. The van der Waals surface area contributed by atoms with Crippen molar-refractivity contribution in [1.29, 1.82) is 0 Å². The number of phosphoric ester groups is 1. The second kappa shape index (κ2) is 12.9. The molecule has 0 aliphatic heterocycles. The Morgan fingerprint density at radius 2 is 1.19 bits per heavy atom. The summed E-state index contributed by atoms with van der Waals surface area (Å²) < 4.78 is 38.3. The van der Waals surface area contributed by atoms with Crippen molar-refractivity contribution in [2.24, 2.45) is 0 Å². The zero-order chi connectivity index (χ0) is 21.2. The fourth-order valence-electron chi connectivity index (χ4n) is 2.84. The molecular formula is C12H24Cl4O9P2. The first kappa shape index (κ1) is 28.3. The van der Waals surface area contributed by atoms with Crippen molar-refractivity contribution in [2.75, 3.05) is 36.7 Å². The lowest BCUT2D eigenvalue weighted by molar-refractivity contribution is -0.186. The Hall–Kier alpha value is 1.34. The molecule has 0 radical (unpaired) electrons. The summed E-state index contributed by atoms with van der Waals surface area (Å²) in [5.74, 6) is -0.122. The number of hydrogen-bond donors (Lipinski definition) is 4. The van der Waals surface area contributed by atoms with Gasteiger partial charge in [0.05, 0.1) is 13.2 Å². The van der Waals surface area contributed by atoms with E-state index in [4.69, 9.17) is 70.6 Å². The Bertz CT molecular complexity index is 507. The van der Waals surface area contributed by atoms with Gasteiger partial charge in [0.1, 0.15) is 11.2 Å². The highest BCUT2D eigenvalue weighted by Crippen LogP contribution is 2.62. The van der Waals surface area contributed by atoms with Gasteiger partial charge in [0, 0.05) is 23.5 Å². The van der Waals surface area contributed by atoms with E-state index in [9.17, 15) is 14.0 Å². The van der Waals surface area contributed by atoms with Crippen LogP contribution in [0.25, 0.3) is 0 Å². The van der Waals surface area contributed by atoms with Crippen LogP contribution in [0.4, 0.5) is 0 Å². The van der Waals surface area contributed by atoms with Gasteiger partial charge in [-0.1, -0.05) is 0 Å². The van der Waals surface area contributed by atoms with Gasteiger partial charge in [0.2, 0.25) is 0 Å². The molecule has 15 heteroatoms. The topological polar surface area (TPSA) is 143 Å². The maximum Gasteiger partial charge on any atom is 0.481 e. The number of aliphatic hydroxyl groups is 1. The van der Waals surface area contributed by atoms with Crippen LogP contribution >= 0.6 is 62.0 Å². The van der Waals surface area contributed by atoms with Crippen molar-refractivity contribution in [3.05, 3.63) is 0 Å². The van der Waals surface area contributed by atoms with Crippen LogP contribution in [0.2, 0.25) is 0 Å². The molecule has 0 aliphatic rings. The van der Waals surface area contributed by atoms with E-state index in [2.05, 4.69) is 4.31 Å². The monoisotopic (exact) mass is 514 g/mol. The van der Waals surface area contributed by atoms with Crippen molar-refractivity contribution < 1.29 is 42.5 Å². The van der Waals surface area contributed by atoms with Crippen LogP contribution < -0.4 is 0 Å². The molecule has 0 rings (SSSR count). The van der Waals surface area contributed by atoms with Crippen LogP contribution in [0.3, 0.4) is 0 Å². The summed E-state index contributed by atoms with van der Waals surface area (Å²) in [5.41, 5.74) is -3.16. The predicted molar refractivity (Wildman–Crippen MR) is 104 cm³/mol. The summed E-state index contributed by atoms with van der Waals surface area (Å²) >= 11 is 23.5. The van der Waals surface area contributed by atoms with E-state index in [1.165, 1.54) is 0 Å². The minimum absolute atomic E-state index is 0.0209. The van der Waals surface area contributed by atoms with Crippen molar-refractivity contribution >= 4 is 62.0 Å². The van der Waals surface area contributed by atoms with E-state index in [0.717, 1.165) is 0 Å². The maximum absolute atomic E-state index is 12.3. The highest BCUT2D eigenvalue weighted by Gasteiger charge is 2.56. The molecule has 0 fully saturated rings. The van der Waals surface area contributed by atoms with E-state index in [1.54, 1.807) is 0 Å². The van der Waals surface area contributed by atoms with Gasteiger partial charge in [-0.25, -0.2) is 9.13 Å². The minimum Gasteiger partial charge on any atom is -0.394 e. The average molecular weight is 516 g/mol. The molecule has 0 saturated carbocycles. The average Bonchev–Trinajstić information content (AvgIpc) is 2.50. The van der Waals surface area contributed by atoms with Gasteiger partial charge < -0.3 is 24.5 Å². The number of ether oxygens (including phenoxy) is 1. The van der Waals surface area contributed by atoms with Crippen LogP contribution in [-0.2, 0) is 22.7 Å². The van der Waals surface area contributed by atoms with Gasteiger partial charge in [-0.05, 0) is 25.7 Å². The van der Waals surface area contributed by atoms with Crippen LogP contribution in [0, 0.1) is 0 Å². The summed E-state index contributed by atoms with van der Waals surface area (Å²) in [7, 11) is -10.6. The first-order valence-electron chi connectivity index (χ1n) is 7.76. The van der Waals surface area contributed by atoms with Crippen LogP contribution in [-0.4, -0.2) is 67.7 Å². The second-order valence-corrected chi connectivity index (χ2v) is 9.71. The first-order valence-corrected chi connectivity index (χ1v) is 12.9. The molecule has 0 amide bonds.